The molecule has 1 aromatic heterocycles. The van der Waals surface area contributed by atoms with E-state index in [2.05, 4.69) is 41.2 Å². The Morgan fingerprint density at radius 1 is 1.32 bits per heavy atom. The van der Waals surface area contributed by atoms with Crippen molar-refractivity contribution in [1.29, 1.82) is 0 Å². The van der Waals surface area contributed by atoms with Crippen LogP contribution in [0.4, 0.5) is 0 Å². The van der Waals surface area contributed by atoms with Crippen molar-refractivity contribution in [3.8, 4) is 0 Å². The minimum Gasteiger partial charge on any atom is -0.346 e. The van der Waals surface area contributed by atoms with E-state index in [0.29, 0.717) is 0 Å². The summed E-state index contributed by atoms with van der Waals surface area (Å²) < 4.78 is 0.798. The second-order valence-corrected chi connectivity index (χ2v) is 6.26. The normalized spacial score (nSPS) is 13.5. The molecule has 98 valence electrons. The SMILES string of the molecule is Cc1ccccc1SCc1nc(=S)c2c([nH]1)CCC2. The first-order chi connectivity index (χ1) is 9.24. The van der Waals surface area contributed by atoms with Gasteiger partial charge in [-0.2, -0.15) is 0 Å². The van der Waals surface area contributed by atoms with Crippen LogP contribution in [0.15, 0.2) is 29.2 Å². The van der Waals surface area contributed by atoms with E-state index in [1.54, 1.807) is 0 Å². The number of nitrogens with zero attached hydrogens (tertiary/aromatic N) is 1. The standard InChI is InChI=1S/C15H16N2S2/c1-10-5-2-3-8-13(10)19-9-14-16-12-7-4-6-11(12)15(18)17-14/h2-3,5,8H,4,6-7,9H2,1H3,(H,16,17,18). The van der Waals surface area contributed by atoms with Crippen molar-refractivity contribution in [1.82, 2.24) is 9.97 Å². The number of H-pyrrole nitrogens is 1. The lowest BCUT2D eigenvalue weighted by Crippen LogP contribution is -1.99. The number of benzene rings is 1. The highest BCUT2D eigenvalue weighted by atomic mass is 32.2. The molecule has 0 saturated carbocycles. The minimum atomic E-state index is 0.798. The molecule has 3 rings (SSSR count). The summed E-state index contributed by atoms with van der Waals surface area (Å²) in [4.78, 5) is 9.29. The number of hydrogen-bond acceptors (Lipinski definition) is 3. The Kier molecular flexibility index (Phi) is 3.71. The fourth-order valence-corrected chi connectivity index (χ4v) is 3.68. The molecule has 1 aromatic carbocycles. The topological polar surface area (TPSA) is 28.7 Å². The lowest BCUT2D eigenvalue weighted by Gasteiger charge is -2.07. The first-order valence-corrected chi connectivity index (χ1v) is 7.93. The van der Waals surface area contributed by atoms with Crippen LogP contribution in [0.2, 0.25) is 0 Å². The average Bonchev–Trinajstić information content (AvgIpc) is 2.87. The van der Waals surface area contributed by atoms with Gasteiger partial charge in [-0.05, 0) is 37.8 Å². The monoisotopic (exact) mass is 288 g/mol. The molecular weight excluding hydrogens is 272 g/mol. The molecule has 4 heteroatoms. The van der Waals surface area contributed by atoms with Crippen molar-refractivity contribution in [2.75, 3.05) is 0 Å². The Morgan fingerprint density at radius 2 is 2.16 bits per heavy atom. The van der Waals surface area contributed by atoms with E-state index in [1.807, 2.05) is 11.8 Å². The Balaban J connectivity index is 1.80. The summed E-state index contributed by atoms with van der Waals surface area (Å²) in [5, 5.41) is 0. The molecule has 0 unspecified atom stereocenters. The van der Waals surface area contributed by atoms with Crippen LogP contribution in [-0.2, 0) is 18.6 Å². The second-order valence-electron chi connectivity index (χ2n) is 4.85. The van der Waals surface area contributed by atoms with Gasteiger partial charge in [0.05, 0.1) is 5.75 Å². The van der Waals surface area contributed by atoms with Crippen LogP contribution >= 0.6 is 24.0 Å². The predicted octanol–water partition coefficient (Wildman–Crippen LogP) is 4.23. The highest BCUT2D eigenvalue weighted by Crippen LogP contribution is 2.26. The van der Waals surface area contributed by atoms with Crippen LogP contribution < -0.4 is 0 Å². The molecule has 0 radical (unpaired) electrons. The van der Waals surface area contributed by atoms with Crippen LogP contribution in [0, 0.1) is 11.6 Å². The van der Waals surface area contributed by atoms with Crippen molar-refractivity contribution in [2.45, 2.75) is 36.8 Å². The third-order valence-electron chi connectivity index (χ3n) is 3.47. The van der Waals surface area contributed by atoms with Crippen LogP contribution in [0.25, 0.3) is 0 Å². The van der Waals surface area contributed by atoms with Crippen LogP contribution in [0.5, 0.6) is 0 Å². The molecular formula is C15H16N2S2. The molecule has 0 amide bonds. The molecule has 0 spiro atoms. The molecule has 2 aromatic rings. The lowest BCUT2D eigenvalue weighted by molar-refractivity contribution is 0.893. The lowest BCUT2D eigenvalue weighted by atomic mass is 10.2. The molecule has 1 aliphatic carbocycles. The molecule has 0 saturated heterocycles. The van der Waals surface area contributed by atoms with Gasteiger partial charge in [0.25, 0.3) is 0 Å². The summed E-state index contributed by atoms with van der Waals surface area (Å²) in [5.41, 5.74) is 3.88. The number of aryl methyl sites for hydroxylation is 2. The maximum Gasteiger partial charge on any atom is 0.133 e. The molecule has 2 nitrogen and oxygen atoms in total. The van der Waals surface area contributed by atoms with Crippen molar-refractivity contribution < 1.29 is 0 Å². The van der Waals surface area contributed by atoms with E-state index >= 15 is 0 Å². The van der Waals surface area contributed by atoms with E-state index in [9.17, 15) is 0 Å². The van der Waals surface area contributed by atoms with Gasteiger partial charge in [0.15, 0.2) is 0 Å². The number of aromatic amines is 1. The predicted molar refractivity (Wildman–Crippen MR) is 82.2 cm³/mol. The summed E-state index contributed by atoms with van der Waals surface area (Å²) in [6, 6.07) is 8.44. The summed E-state index contributed by atoms with van der Waals surface area (Å²) in [5.74, 6) is 1.85. The van der Waals surface area contributed by atoms with E-state index in [-0.39, 0.29) is 0 Å². The van der Waals surface area contributed by atoms with Crippen LogP contribution in [0.3, 0.4) is 0 Å². The number of thioether (sulfide) groups is 1. The summed E-state index contributed by atoms with van der Waals surface area (Å²) in [6.45, 7) is 2.14. The van der Waals surface area contributed by atoms with Crippen molar-refractivity contribution >= 4 is 24.0 Å². The van der Waals surface area contributed by atoms with Gasteiger partial charge < -0.3 is 4.98 Å². The summed E-state index contributed by atoms with van der Waals surface area (Å²) in [6.07, 6.45) is 3.40. The van der Waals surface area contributed by atoms with Gasteiger partial charge in [-0.15, -0.1) is 11.8 Å². The fourth-order valence-electron chi connectivity index (χ4n) is 2.44. The van der Waals surface area contributed by atoms with Gasteiger partial charge in [0, 0.05) is 16.2 Å². The summed E-state index contributed by atoms with van der Waals surface area (Å²) >= 11 is 7.20. The van der Waals surface area contributed by atoms with E-state index in [4.69, 9.17) is 12.2 Å². The second kappa shape index (κ2) is 5.47. The maximum atomic E-state index is 5.38. The smallest absolute Gasteiger partial charge is 0.133 e. The third-order valence-corrected chi connectivity index (χ3v) is 4.99. The van der Waals surface area contributed by atoms with E-state index in [1.165, 1.54) is 28.1 Å². The summed E-state index contributed by atoms with van der Waals surface area (Å²) in [7, 11) is 0. The van der Waals surface area contributed by atoms with Crippen LogP contribution in [-0.4, -0.2) is 9.97 Å². The van der Waals surface area contributed by atoms with Crippen molar-refractivity contribution in [3.63, 3.8) is 0 Å². The third kappa shape index (κ3) is 2.74. The largest absolute Gasteiger partial charge is 0.346 e. The molecule has 1 heterocycles. The zero-order valence-electron chi connectivity index (χ0n) is 10.9. The molecule has 0 bridgehead atoms. The number of nitrogens with one attached hydrogen (secondary N) is 1. The molecule has 0 atom stereocenters. The van der Waals surface area contributed by atoms with Gasteiger partial charge in [-0.25, -0.2) is 4.98 Å². The Hall–Kier alpha value is -1.13. The zero-order chi connectivity index (χ0) is 13.2. The Labute approximate surface area is 122 Å². The molecule has 1 N–H and O–H groups in total. The maximum absolute atomic E-state index is 5.38. The highest BCUT2D eigenvalue weighted by Gasteiger charge is 2.14. The van der Waals surface area contributed by atoms with Gasteiger partial charge in [0.1, 0.15) is 10.5 Å². The van der Waals surface area contributed by atoms with Gasteiger partial charge in [-0.3, -0.25) is 0 Å². The number of hydrogen-bond donors (Lipinski definition) is 1. The van der Waals surface area contributed by atoms with Gasteiger partial charge in [-0.1, -0.05) is 30.4 Å². The fraction of sp³-hybridized carbons (Fsp3) is 0.333. The van der Waals surface area contributed by atoms with E-state index in [0.717, 1.165) is 29.1 Å². The Morgan fingerprint density at radius 3 is 3.00 bits per heavy atom. The molecule has 0 aliphatic heterocycles. The zero-order valence-corrected chi connectivity index (χ0v) is 12.5. The Bertz CT molecular complexity index is 661. The number of aromatic nitrogens is 2. The number of fused-ring (bicyclic) bond motifs is 1. The highest BCUT2D eigenvalue weighted by molar-refractivity contribution is 7.98. The van der Waals surface area contributed by atoms with Crippen molar-refractivity contribution in [3.05, 3.63) is 51.6 Å². The van der Waals surface area contributed by atoms with Gasteiger partial charge in [0.2, 0.25) is 0 Å². The first kappa shape index (κ1) is 12.9. The first-order valence-electron chi connectivity index (χ1n) is 6.53. The van der Waals surface area contributed by atoms with E-state index < -0.39 is 0 Å². The van der Waals surface area contributed by atoms with Crippen molar-refractivity contribution in [2.24, 2.45) is 0 Å². The van der Waals surface area contributed by atoms with Crippen LogP contribution in [0.1, 0.15) is 29.1 Å². The van der Waals surface area contributed by atoms with Gasteiger partial charge >= 0.3 is 0 Å². The molecule has 0 fully saturated rings. The number of rotatable bonds is 3. The minimum absolute atomic E-state index is 0.798. The average molecular weight is 288 g/mol. The molecule has 19 heavy (non-hydrogen) atoms. The molecule has 1 aliphatic rings. The quantitative estimate of drug-likeness (QED) is 0.677.